The Kier molecular flexibility index (Phi) is 6.16. The van der Waals surface area contributed by atoms with Crippen molar-refractivity contribution in [3.8, 4) is 0 Å². The number of hydrogen-bond donors (Lipinski definition) is 1. The second-order valence-electron chi connectivity index (χ2n) is 4.99. The van der Waals surface area contributed by atoms with Gasteiger partial charge < -0.3 is 10.2 Å². The van der Waals surface area contributed by atoms with Crippen LogP contribution in [0.15, 0.2) is 18.2 Å². The maximum absolute atomic E-state index is 4.65. The predicted molar refractivity (Wildman–Crippen MR) is 72.8 cm³/mol. The third kappa shape index (κ3) is 5.80. The molecule has 0 aromatic carbocycles. The molecule has 1 aromatic heterocycles. The zero-order valence-electron chi connectivity index (χ0n) is 11.5. The van der Waals surface area contributed by atoms with Gasteiger partial charge in [-0.2, -0.15) is 0 Å². The van der Waals surface area contributed by atoms with Crippen LogP contribution < -0.4 is 5.32 Å². The Morgan fingerprint density at radius 3 is 2.65 bits per heavy atom. The zero-order chi connectivity index (χ0) is 12.7. The van der Waals surface area contributed by atoms with E-state index in [1.807, 2.05) is 0 Å². The van der Waals surface area contributed by atoms with Crippen molar-refractivity contribution in [1.29, 1.82) is 0 Å². The molecule has 0 spiro atoms. The van der Waals surface area contributed by atoms with Crippen molar-refractivity contribution in [2.75, 3.05) is 20.1 Å². The average Bonchev–Trinajstić information content (AvgIpc) is 2.25. The predicted octanol–water partition coefficient (Wildman–Crippen LogP) is 2.28. The van der Waals surface area contributed by atoms with E-state index >= 15 is 0 Å². The smallest absolute Gasteiger partial charge is 0.0547 e. The van der Waals surface area contributed by atoms with Crippen LogP contribution in [-0.4, -0.2) is 30.0 Å². The number of rotatable bonds is 7. The third-order valence-corrected chi connectivity index (χ3v) is 2.53. The number of pyridine rings is 1. The Hall–Kier alpha value is -0.930. The summed E-state index contributed by atoms with van der Waals surface area (Å²) >= 11 is 0. The van der Waals surface area contributed by atoms with E-state index in [2.05, 4.69) is 61.2 Å². The largest absolute Gasteiger partial charge is 0.311 e. The monoisotopic (exact) mass is 235 g/mol. The summed E-state index contributed by atoms with van der Waals surface area (Å²) in [6, 6.07) is 6.28. The summed E-state index contributed by atoms with van der Waals surface area (Å²) in [5.41, 5.74) is 2.28. The minimum Gasteiger partial charge on any atom is -0.311 e. The van der Waals surface area contributed by atoms with Gasteiger partial charge in [0.15, 0.2) is 0 Å². The van der Waals surface area contributed by atoms with Crippen LogP contribution in [-0.2, 0) is 13.1 Å². The lowest BCUT2D eigenvalue weighted by atomic mass is 10.2. The highest BCUT2D eigenvalue weighted by Gasteiger charge is 2.04. The lowest BCUT2D eigenvalue weighted by molar-refractivity contribution is 0.285. The van der Waals surface area contributed by atoms with Crippen molar-refractivity contribution in [2.45, 2.75) is 33.9 Å². The number of nitrogens with one attached hydrogen (secondary N) is 1. The highest BCUT2D eigenvalue weighted by atomic mass is 15.1. The van der Waals surface area contributed by atoms with Gasteiger partial charge in [0.25, 0.3) is 0 Å². The first-order valence-corrected chi connectivity index (χ1v) is 6.46. The van der Waals surface area contributed by atoms with E-state index in [0.29, 0.717) is 5.92 Å². The fourth-order valence-electron chi connectivity index (χ4n) is 1.93. The second-order valence-corrected chi connectivity index (χ2v) is 4.99. The van der Waals surface area contributed by atoms with E-state index in [1.165, 1.54) is 0 Å². The van der Waals surface area contributed by atoms with Crippen LogP contribution >= 0.6 is 0 Å². The molecular formula is C14H25N3. The quantitative estimate of drug-likeness (QED) is 0.786. The minimum atomic E-state index is 0.699. The van der Waals surface area contributed by atoms with Crippen molar-refractivity contribution in [3.63, 3.8) is 0 Å². The maximum Gasteiger partial charge on any atom is 0.0547 e. The molecule has 0 aliphatic rings. The number of nitrogens with zero attached hydrogens (tertiary/aromatic N) is 2. The number of hydrogen-bond acceptors (Lipinski definition) is 3. The van der Waals surface area contributed by atoms with E-state index in [-0.39, 0.29) is 0 Å². The zero-order valence-corrected chi connectivity index (χ0v) is 11.5. The first kappa shape index (κ1) is 14.1. The average molecular weight is 235 g/mol. The maximum atomic E-state index is 4.65. The summed E-state index contributed by atoms with van der Waals surface area (Å²) in [4.78, 5) is 6.98. The van der Waals surface area contributed by atoms with Gasteiger partial charge in [0.2, 0.25) is 0 Å². The molecule has 1 heterocycles. The van der Waals surface area contributed by atoms with Crippen LogP contribution in [0.3, 0.4) is 0 Å². The topological polar surface area (TPSA) is 28.2 Å². The van der Waals surface area contributed by atoms with Gasteiger partial charge in [-0.3, -0.25) is 4.98 Å². The van der Waals surface area contributed by atoms with Crippen molar-refractivity contribution >= 4 is 0 Å². The molecular weight excluding hydrogens is 210 g/mol. The fourth-order valence-corrected chi connectivity index (χ4v) is 1.93. The van der Waals surface area contributed by atoms with Gasteiger partial charge in [-0.05, 0) is 31.6 Å². The van der Waals surface area contributed by atoms with Gasteiger partial charge >= 0.3 is 0 Å². The third-order valence-electron chi connectivity index (χ3n) is 2.53. The van der Waals surface area contributed by atoms with Gasteiger partial charge in [0.1, 0.15) is 0 Å². The second kappa shape index (κ2) is 7.41. The summed E-state index contributed by atoms with van der Waals surface area (Å²) in [5, 5.41) is 3.30. The lowest BCUT2D eigenvalue weighted by Crippen LogP contribution is -2.23. The van der Waals surface area contributed by atoms with Gasteiger partial charge in [-0.25, -0.2) is 0 Å². The molecule has 0 saturated carbocycles. The summed E-state index contributed by atoms with van der Waals surface area (Å²) in [5.74, 6) is 0.699. The van der Waals surface area contributed by atoms with E-state index in [4.69, 9.17) is 0 Å². The molecule has 17 heavy (non-hydrogen) atoms. The highest BCUT2D eigenvalue weighted by Crippen LogP contribution is 2.04. The Labute approximate surface area is 105 Å². The molecule has 0 amide bonds. The Morgan fingerprint density at radius 2 is 2.00 bits per heavy atom. The molecule has 0 aliphatic heterocycles. The summed E-state index contributed by atoms with van der Waals surface area (Å²) in [7, 11) is 2.15. The summed E-state index contributed by atoms with van der Waals surface area (Å²) in [6.45, 7) is 10.5. The molecule has 1 rings (SSSR count). The van der Waals surface area contributed by atoms with E-state index < -0.39 is 0 Å². The van der Waals surface area contributed by atoms with Crippen molar-refractivity contribution in [1.82, 2.24) is 15.2 Å². The van der Waals surface area contributed by atoms with E-state index in [9.17, 15) is 0 Å². The van der Waals surface area contributed by atoms with Crippen LogP contribution in [0.2, 0.25) is 0 Å². The van der Waals surface area contributed by atoms with E-state index in [1.54, 1.807) is 0 Å². The first-order valence-electron chi connectivity index (χ1n) is 6.46. The van der Waals surface area contributed by atoms with E-state index in [0.717, 1.165) is 37.6 Å². The Balaban J connectivity index is 2.52. The summed E-state index contributed by atoms with van der Waals surface area (Å²) < 4.78 is 0. The molecule has 0 unspecified atom stereocenters. The molecule has 0 radical (unpaired) electrons. The standard InChI is InChI=1S/C14H25N3/c1-5-15-9-13-7-6-8-14(16-13)11-17(4)10-12(2)3/h6-8,12,15H,5,9-11H2,1-4H3. The molecule has 96 valence electrons. The molecule has 0 fully saturated rings. The van der Waals surface area contributed by atoms with Crippen LogP contribution in [0.5, 0.6) is 0 Å². The molecule has 0 bridgehead atoms. The molecule has 1 N–H and O–H groups in total. The SMILES string of the molecule is CCNCc1cccc(CN(C)CC(C)C)n1. The van der Waals surface area contributed by atoms with Crippen LogP contribution in [0.25, 0.3) is 0 Å². The van der Waals surface area contributed by atoms with Crippen molar-refractivity contribution < 1.29 is 0 Å². The van der Waals surface area contributed by atoms with Crippen LogP contribution in [0.1, 0.15) is 32.2 Å². The van der Waals surface area contributed by atoms with Gasteiger partial charge in [-0.1, -0.05) is 26.8 Å². The normalized spacial score (nSPS) is 11.4. The molecule has 0 saturated heterocycles. The molecule has 0 aliphatic carbocycles. The number of aromatic nitrogens is 1. The highest BCUT2D eigenvalue weighted by molar-refractivity contribution is 5.11. The summed E-state index contributed by atoms with van der Waals surface area (Å²) in [6.07, 6.45) is 0. The van der Waals surface area contributed by atoms with Crippen molar-refractivity contribution in [3.05, 3.63) is 29.6 Å². The van der Waals surface area contributed by atoms with Crippen LogP contribution in [0, 0.1) is 5.92 Å². The van der Waals surface area contributed by atoms with Gasteiger partial charge in [0, 0.05) is 19.6 Å². The first-order chi connectivity index (χ1) is 8.11. The Morgan fingerprint density at radius 1 is 1.29 bits per heavy atom. The lowest BCUT2D eigenvalue weighted by Gasteiger charge is -2.18. The molecule has 0 atom stereocenters. The van der Waals surface area contributed by atoms with Gasteiger partial charge in [-0.15, -0.1) is 0 Å². The fraction of sp³-hybridized carbons (Fsp3) is 0.643. The van der Waals surface area contributed by atoms with Crippen molar-refractivity contribution in [2.24, 2.45) is 5.92 Å². The van der Waals surface area contributed by atoms with Crippen LogP contribution in [0.4, 0.5) is 0 Å². The van der Waals surface area contributed by atoms with Gasteiger partial charge in [0.05, 0.1) is 11.4 Å². The Bertz CT molecular complexity index is 323. The minimum absolute atomic E-state index is 0.699. The molecule has 1 aromatic rings. The molecule has 3 heteroatoms. The molecule has 3 nitrogen and oxygen atoms in total.